The van der Waals surface area contributed by atoms with Crippen LogP contribution in [0.5, 0.6) is 0 Å². The SMILES string of the molecule is COCC(C)NC(N)=NCCC1CCC1.I. The van der Waals surface area contributed by atoms with Gasteiger partial charge in [0.25, 0.3) is 0 Å². The molecule has 16 heavy (non-hydrogen) atoms. The first-order valence-corrected chi connectivity index (χ1v) is 5.77. The lowest BCUT2D eigenvalue weighted by atomic mass is 9.83. The first-order chi connectivity index (χ1) is 7.22. The van der Waals surface area contributed by atoms with E-state index in [2.05, 4.69) is 10.3 Å². The van der Waals surface area contributed by atoms with Crippen LogP contribution in [0, 0.1) is 5.92 Å². The largest absolute Gasteiger partial charge is 0.383 e. The van der Waals surface area contributed by atoms with Gasteiger partial charge < -0.3 is 15.8 Å². The maximum absolute atomic E-state index is 5.73. The second-order valence-electron chi connectivity index (χ2n) is 4.35. The first-order valence-electron chi connectivity index (χ1n) is 5.77. The molecule has 0 saturated heterocycles. The van der Waals surface area contributed by atoms with Crippen molar-refractivity contribution in [1.82, 2.24) is 5.32 Å². The van der Waals surface area contributed by atoms with Gasteiger partial charge in [0.2, 0.25) is 0 Å². The summed E-state index contributed by atoms with van der Waals surface area (Å²) >= 11 is 0. The van der Waals surface area contributed by atoms with Crippen LogP contribution in [0.25, 0.3) is 0 Å². The van der Waals surface area contributed by atoms with Crippen LogP contribution in [0.3, 0.4) is 0 Å². The second-order valence-corrected chi connectivity index (χ2v) is 4.35. The molecule has 3 N–H and O–H groups in total. The zero-order valence-corrected chi connectivity index (χ0v) is 12.6. The summed E-state index contributed by atoms with van der Waals surface area (Å²) in [5.74, 6) is 1.44. The van der Waals surface area contributed by atoms with Gasteiger partial charge >= 0.3 is 0 Å². The van der Waals surface area contributed by atoms with Gasteiger partial charge in [-0.1, -0.05) is 19.3 Å². The van der Waals surface area contributed by atoms with Crippen molar-refractivity contribution in [2.75, 3.05) is 20.3 Å². The van der Waals surface area contributed by atoms with Crippen LogP contribution in [-0.4, -0.2) is 32.3 Å². The smallest absolute Gasteiger partial charge is 0.188 e. The molecule has 0 aromatic rings. The first kappa shape index (κ1) is 16.0. The van der Waals surface area contributed by atoms with Gasteiger partial charge in [-0.2, -0.15) is 0 Å². The van der Waals surface area contributed by atoms with E-state index in [0.717, 1.165) is 12.5 Å². The van der Waals surface area contributed by atoms with Crippen LogP contribution in [0.1, 0.15) is 32.6 Å². The highest BCUT2D eigenvalue weighted by atomic mass is 127. The molecule has 4 nitrogen and oxygen atoms in total. The number of nitrogens with one attached hydrogen (secondary N) is 1. The standard InChI is InChI=1S/C11H23N3O.HI/c1-9(8-15-2)14-11(12)13-7-6-10-4-3-5-10;/h9-10H,3-8H2,1-2H3,(H3,12,13,14);1H. The summed E-state index contributed by atoms with van der Waals surface area (Å²) < 4.78 is 5.00. The Bertz CT molecular complexity index is 207. The number of nitrogens with two attached hydrogens (primary N) is 1. The minimum absolute atomic E-state index is 0. The van der Waals surface area contributed by atoms with Crippen molar-refractivity contribution in [1.29, 1.82) is 0 Å². The number of ether oxygens (including phenoxy) is 1. The molecule has 5 heteroatoms. The Morgan fingerprint density at radius 3 is 2.75 bits per heavy atom. The van der Waals surface area contributed by atoms with Gasteiger partial charge in [0.15, 0.2) is 5.96 Å². The Kier molecular flexibility index (Phi) is 9.02. The Labute approximate surface area is 115 Å². The molecule has 0 aliphatic heterocycles. The average molecular weight is 341 g/mol. The fourth-order valence-electron chi connectivity index (χ4n) is 1.74. The molecule has 1 atom stereocenters. The minimum Gasteiger partial charge on any atom is -0.383 e. The molecule has 1 fully saturated rings. The molecule has 0 aromatic heterocycles. The molecule has 1 rings (SSSR count). The van der Waals surface area contributed by atoms with E-state index < -0.39 is 0 Å². The third kappa shape index (κ3) is 6.52. The third-order valence-electron chi connectivity index (χ3n) is 2.86. The van der Waals surface area contributed by atoms with E-state index in [0.29, 0.717) is 12.6 Å². The van der Waals surface area contributed by atoms with E-state index in [1.807, 2.05) is 6.92 Å². The molecule has 1 aliphatic rings. The molecule has 1 saturated carbocycles. The Morgan fingerprint density at radius 1 is 1.56 bits per heavy atom. The number of halogens is 1. The van der Waals surface area contributed by atoms with Crippen LogP contribution in [-0.2, 0) is 4.74 Å². The summed E-state index contributed by atoms with van der Waals surface area (Å²) in [6, 6.07) is 0.224. The summed E-state index contributed by atoms with van der Waals surface area (Å²) in [5.41, 5.74) is 5.73. The number of methoxy groups -OCH3 is 1. The van der Waals surface area contributed by atoms with E-state index in [1.54, 1.807) is 7.11 Å². The summed E-state index contributed by atoms with van der Waals surface area (Å²) in [5, 5.41) is 3.09. The van der Waals surface area contributed by atoms with Crippen LogP contribution in [0.4, 0.5) is 0 Å². The highest BCUT2D eigenvalue weighted by Crippen LogP contribution is 2.28. The van der Waals surface area contributed by atoms with E-state index >= 15 is 0 Å². The lowest BCUT2D eigenvalue weighted by Gasteiger charge is -2.24. The van der Waals surface area contributed by atoms with Crippen LogP contribution in [0.15, 0.2) is 4.99 Å². The fourth-order valence-corrected chi connectivity index (χ4v) is 1.74. The van der Waals surface area contributed by atoms with Gasteiger partial charge in [0.1, 0.15) is 0 Å². The van der Waals surface area contributed by atoms with Crippen molar-refractivity contribution < 1.29 is 4.74 Å². The van der Waals surface area contributed by atoms with Crippen molar-refractivity contribution in [2.45, 2.75) is 38.6 Å². The molecule has 1 aliphatic carbocycles. The third-order valence-corrected chi connectivity index (χ3v) is 2.86. The van der Waals surface area contributed by atoms with Gasteiger partial charge in [-0.3, -0.25) is 4.99 Å². The predicted octanol–water partition coefficient (Wildman–Crippen LogP) is 1.73. The maximum atomic E-state index is 5.73. The van der Waals surface area contributed by atoms with Crippen molar-refractivity contribution in [2.24, 2.45) is 16.6 Å². The molecule has 0 amide bonds. The van der Waals surface area contributed by atoms with E-state index in [4.69, 9.17) is 10.5 Å². The number of nitrogens with zero attached hydrogens (tertiary/aromatic N) is 1. The van der Waals surface area contributed by atoms with E-state index in [9.17, 15) is 0 Å². The highest BCUT2D eigenvalue weighted by molar-refractivity contribution is 14.0. The monoisotopic (exact) mass is 341 g/mol. The molecule has 0 aromatic carbocycles. The normalized spacial score (nSPS) is 18.5. The quantitative estimate of drug-likeness (QED) is 0.440. The molecule has 1 unspecified atom stereocenters. The zero-order chi connectivity index (χ0) is 11.1. The number of rotatable bonds is 6. The zero-order valence-electron chi connectivity index (χ0n) is 10.2. The maximum Gasteiger partial charge on any atom is 0.188 e. The highest BCUT2D eigenvalue weighted by Gasteiger charge is 2.16. The van der Waals surface area contributed by atoms with Crippen LogP contribution < -0.4 is 11.1 Å². The molecular weight excluding hydrogens is 317 g/mol. The minimum atomic E-state index is 0. The second kappa shape index (κ2) is 9.04. The van der Waals surface area contributed by atoms with Gasteiger partial charge in [-0.05, 0) is 19.3 Å². The molecule has 0 bridgehead atoms. The van der Waals surface area contributed by atoms with Crippen molar-refractivity contribution in [3.05, 3.63) is 0 Å². The number of hydrogen-bond donors (Lipinski definition) is 2. The lowest BCUT2D eigenvalue weighted by Crippen LogP contribution is -2.40. The van der Waals surface area contributed by atoms with Gasteiger partial charge in [0, 0.05) is 19.7 Å². The van der Waals surface area contributed by atoms with Gasteiger partial charge in [-0.15, -0.1) is 24.0 Å². The van der Waals surface area contributed by atoms with Crippen molar-refractivity contribution in [3.63, 3.8) is 0 Å². The van der Waals surface area contributed by atoms with Gasteiger partial charge in [0.05, 0.1) is 6.61 Å². The van der Waals surface area contributed by atoms with Crippen molar-refractivity contribution in [3.8, 4) is 0 Å². The Hall–Kier alpha value is -0.0400. The molecule has 0 spiro atoms. The number of guanidine groups is 1. The molecule has 0 heterocycles. The summed E-state index contributed by atoms with van der Waals surface area (Å²) in [4.78, 5) is 4.30. The average Bonchev–Trinajstić information content (AvgIpc) is 2.09. The summed E-state index contributed by atoms with van der Waals surface area (Å²) in [6.45, 7) is 3.53. The van der Waals surface area contributed by atoms with E-state index in [1.165, 1.54) is 25.7 Å². The summed E-state index contributed by atoms with van der Waals surface area (Å²) in [6.07, 6.45) is 5.33. The molecule has 96 valence electrons. The number of aliphatic imine (C=N–C) groups is 1. The van der Waals surface area contributed by atoms with Crippen LogP contribution in [0.2, 0.25) is 0 Å². The molecular formula is C11H24IN3O. The Balaban J connectivity index is 0.00000225. The predicted molar refractivity (Wildman–Crippen MR) is 78.3 cm³/mol. The fraction of sp³-hybridized carbons (Fsp3) is 0.909. The molecule has 0 radical (unpaired) electrons. The van der Waals surface area contributed by atoms with Crippen molar-refractivity contribution >= 4 is 29.9 Å². The van der Waals surface area contributed by atoms with Crippen LogP contribution >= 0.6 is 24.0 Å². The number of hydrogen-bond acceptors (Lipinski definition) is 2. The van der Waals surface area contributed by atoms with Gasteiger partial charge in [-0.25, -0.2) is 0 Å². The van der Waals surface area contributed by atoms with E-state index in [-0.39, 0.29) is 30.0 Å². The lowest BCUT2D eigenvalue weighted by molar-refractivity contribution is 0.179. The summed E-state index contributed by atoms with van der Waals surface area (Å²) in [7, 11) is 1.68. The topological polar surface area (TPSA) is 59.6 Å². The Morgan fingerprint density at radius 2 is 2.25 bits per heavy atom.